The molecule has 0 aromatic carbocycles. The molecule has 108 valence electrons. The molecule has 3 aliphatic rings. The maximum absolute atomic E-state index is 12.5. The molecule has 1 aromatic heterocycles. The van der Waals surface area contributed by atoms with Crippen molar-refractivity contribution in [1.82, 2.24) is 15.3 Å². The van der Waals surface area contributed by atoms with E-state index in [1.54, 1.807) is 0 Å². The second-order valence-corrected chi connectivity index (χ2v) is 6.87. The number of nitrogens with one attached hydrogen (secondary N) is 1. The minimum Gasteiger partial charge on any atom is -0.348 e. The summed E-state index contributed by atoms with van der Waals surface area (Å²) in [4.78, 5) is 21.2. The first kappa shape index (κ1) is 13.5. The molecule has 2 heterocycles. The van der Waals surface area contributed by atoms with Gasteiger partial charge in [-0.2, -0.15) is 0 Å². The lowest BCUT2D eigenvalue weighted by atomic mass is 9.88. The van der Waals surface area contributed by atoms with E-state index in [9.17, 15) is 4.79 Å². The van der Waals surface area contributed by atoms with E-state index in [2.05, 4.69) is 37.3 Å². The summed E-state index contributed by atoms with van der Waals surface area (Å²) in [5.74, 6) is -0.311. The minimum absolute atomic E-state index is 0.0192. The molecule has 1 saturated heterocycles. The topological polar surface area (TPSA) is 54.9 Å². The summed E-state index contributed by atoms with van der Waals surface area (Å²) >= 11 is 9.57. The fraction of sp³-hybridized carbons (Fsp3) is 0.400. The molecule has 2 atom stereocenters. The Balaban J connectivity index is 1.86. The molecular formula is C15H13BrClN3O. The number of hydrogen-bond donors (Lipinski definition) is 1. The number of carbonyl (C=O) groups is 1. The van der Waals surface area contributed by atoms with Gasteiger partial charge in [0.2, 0.25) is 11.2 Å². The highest BCUT2D eigenvalue weighted by Gasteiger charge is 2.41. The molecule has 6 heteroatoms. The van der Waals surface area contributed by atoms with Crippen LogP contribution in [0.15, 0.2) is 22.2 Å². The number of rotatable bonds is 1. The molecular weight excluding hydrogens is 354 g/mol. The Kier molecular flexibility index (Phi) is 3.15. The number of amides is 1. The normalized spacial score (nSPS) is 26.9. The van der Waals surface area contributed by atoms with Crippen molar-refractivity contribution in [3.8, 4) is 0 Å². The van der Waals surface area contributed by atoms with Crippen molar-refractivity contribution in [1.29, 1.82) is 0 Å². The van der Waals surface area contributed by atoms with Crippen LogP contribution in [0.1, 0.15) is 35.7 Å². The van der Waals surface area contributed by atoms with Gasteiger partial charge in [-0.15, -0.1) is 0 Å². The zero-order valence-electron chi connectivity index (χ0n) is 11.2. The SMILES string of the molecule is O=C1NC2CC=C(Br)C=C2C1c1nc(Cl)nc2c1CCC2. The third-order valence-corrected chi connectivity index (χ3v) is 5.10. The molecule has 1 N–H and O–H groups in total. The summed E-state index contributed by atoms with van der Waals surface area (Å²) < 4.78 is 1.02. The lowest BCUT2D eigenvalue weighted by Crippen LogP contribution is -2.26. The van der Waals surface area contributed by atoms with Gasteiger partial charge in [-0.25, -0.2) is 9.97 Å². The molecule has 4 rings (SSSR count). The van der Waals surface area contributed by atoms with E-state index >= 15 is 0 Å². The summed E-state index contributed by atoms with van der Waals surface area (Å²) in [7, 11) is 0. The molecule has 0 spiro atoms. The van der Waals surface area contributed by atoms with Gasteiger partial charge >= 0.3 is 0 Å². The Morgan fingerprint density at radius 2 is 2.19 bits per heavy atom. The standard InChI is InChI=1S/C15H13BrClN3O/c16-7-4-5-11-9(6-7)12(14(21)18-11)13-8-2-1-3-10(8)19-15(17)20-13/h4,6,11-12H,1-3,5H2,(H,18,21). The van der Waals surface area contributed by atoms with E-state index in [1.807, 2.05) is 6.08 Å². The monoisotopic (exact) mass is 365 g/mol. The maximum Gasteiger partial charge on any atom is 0.233 e. The molecule has 2 unspecified atom stereocenters. The molecule has 1 aromatic rings. The van der Waals surface area contributed by atoms with Gasteiger partial charge < -0.3 is 5.32 Å². The molecule has 1 amide bonds. The van der Waals surface area contributed by atoms with Crippen LogP contribution < -0.4 is 5.32 Å². The Bertz CT molecular complexity index is 713. The lowest BCUT2D eigenvalue weighted by Gasteiger charge is -2.18. The molecule has 0 bridgehead atoms. The predicted molar refractivity (Wildman–Crippen MR) is 83.4 cm³/mol. The Labute approximate surface area is 135 Å². The second-order valence-electron chi connectivity index (χ2n) is 5.62. The summed E-state index contributed by atoms with van der Waals surface area (Å²) in [5.41, 5.74) is 4.01. The number of allylic oxidation sites excluding steroid dienone is 2. The highest BCUT2D eigenvalue weighted by molar-refractivity contribution is 9.11. The van der Waals surface area contributed by atoms with Gasteiger partial charge in [0.25, 0.3) is 0 Å². The van der Waals surface area contributed by atoms with Crippen LogP contribution in [-0.4, -0.2) is 21.9 Å². The van der Waals surface area contributed by atoms with Crippen LogP contribution >= 0.6 is 27.5 Å². The summed E-state index contributed by atoms with van der Waals surface area (Å²) in [6.45, 7) is 0. The molecule has 4 nitrogen and oxygen atoms in total. The third-order valence-electron chi connectivity index (χ3n) is 4.38. The van der Waals surface area contributed by atoms with E-state index in [4.69, 9.17) is 11.6 Å². The van der Waals surface area contributed by atoms with Gasteiger partial charge in [-0.05, 0) is 54.5 Å². The summed E-state index contributed by atoms with van der Waals surface area (Å²) in [6, 6.07) is 0.0783. The number of hydrogen-bond acceptors (Lipinski definition) is 3. The fourth-order valence-corrected chi connectivity index (χ4v) is 4.11. The summed E-state index contributed by atoms with van der Waals surface area (Å²) in [5, 5.41) is 3.30. The number of carbonyl (C=O) groups excluding carboxylic acids is 1. The van der Waals surface area contributed by atoms with Crippen LogP contribution in [0.25, 0.3) is 0 Å². The van der Waals surface area contributed by atoms with E-state index in [0.717, 1.165) is 52.7 Å². The molecule has 0 radical (unpaired) electrons. The van der Waals surface area contributed by atoms with Crippen molar-refractivity contribution in [2.75, 3.05) is 0 Å². The first-order chi connectivity index (χ1) is 10.1. The van der Waals surface area contributed by atoms with E-state index < -0.39 is 0 Å². The van der Waals surface area contributed by atoms with E-state index in [0.29, 0.717) is 0 Å². The largest absolute Gasteiger partial charge is 0.348 e. The van der Waals surface area contributed by atoms with Crippen LogP contribution in [0.3, 0.4) is 0 Å². The van der Waals surface area contributed by atoms with Gasteiger partial charge in [-0.1, -0.05) is 22.0 Å². The number of nitrogens with zero attached hydrogens (tertiary/aromatic N) is 2. The number of aromatic nitrogens is 2. The van der Waals surface area contributed by atoms with Crippen molar-refractivity contribution in [2.45, 2.75) is 37.6 Å². The van der Waals surface area contributed by atoms with Crippen LogP contribution in [0, 0.1) is 0 Å². The Morgan fingerprint density at radius 1 is 1.33 bits per heavy atom. The van der Waals surface area contributed by atoms with Crippen LogP contribution in [0.5, 0.6) is 0 Å². The second kappa shape index (κ2) is 4.92. The van der Waals surface area contributed by atoms with Crippen molar-refractivity contribution < 1.29 is 4.79 Å². The van der Waals surface area contributed by atoms with E-state index in [-0.39, 0.29) is 23.2 Å². The van der Waals surface area contributed by atoms with Crippen molar-refractivity contribution in [3.63, 3.8) is 0 Å². The van der Waals surface area contributed by atoms with Gasteiger partial charge in [-0.3, -0.25) is 4.79 Å². The van der Waals surface area contributed by atoms with Crippen LogP contribution in [0.2, 0.25) is 5.28 Å². The zero-order valence-corrected chi connectivity index (χ0v) is 13.5. The maximum atomic E-state index is 12.5. The Hall–Kier alpha value is -1.20. The number of fused-ring (bicyclic) bond motifs is 2. The predicted octanol–water partition coefficient (Wildman–Crippen LogP) is 2.81. The smallest absolute Gasteiger partial charge is 0.233 e. The Morgan fingerprint density at radius 3 is 3.05 bits per heavy atom. The molecule has 21 heavy (non-hydrogen) atoms. The molecule has 1 fully saturated rings. The average Bonchev–Trinajstić information content (AvgIpc) is 3.01. The lowest BCUT2D eigenvalue weighted by molar-refractivity contribution is -0.120. The average molecular weight is 367 g/mol. The quantitative estimate of drug-likeness (QED) is 0.778. The third kappa shape index (κ3) is 2.14. The highest BCUT2D eigenvalue weighted by Crippen LogP contribution is 2.40. The first-order valence-corrected chi connectivity index (χ1v) is 8.23. The van der Waals surface area contributed by atoms with Gasteiger partial charge in [0.15, 0.2) is 0 Å². The highest BCUT2D eigenvalue weighted by atomic mass is 79.9. The molecule has 1 aliphatic heterocycles. The van der Waals surface area contributed by atoms with Crippen molar-refractivity contribution >= 4 is 33.4 Å². The van der Waals surface area contributed by atoms with Crippen LogP contribution in [0.4, 0.5) is 0 Å². The zero-order chi connectivity index (χ0) is 14.6. The molecule has 2 aliphatic carbocycles. The van der Waals surface area contributed by atoms with E-state index in [1.165, 1.54) is 0 Å². The number of aryl methyl sites for hydroxylation is 1. The summed E-state index contributed by atoms with van der Waals surface area (Å²) in [6.07, 6.45) is 7.83. The first-order valence-electron chi connectivity index (χ1n) is 7.06. The van der Waals surface area contributed by atoms with Gasteiger partial charge in [0, 0.05) is 10.2 Å². The van der Waals surface area contributed by atoms with Crippen molar-refractivity contribution in [3.05, 3.63) is 44.4 Å². The molecule has 0 saturated carbocycles. The number of halogens is 2. The van der Waals surface area contributed by atoms with Crippen molar-refractivity contribution in [2.24, 2.45) is 0 Å². The van der Waals surface area contributed by atoms with Gasteiger partial charge in [0.05, 0.1) is 11.7 Å². The fourth-order valence-electron chi connectivity index (χ4n) is 3.47. The van der Waals surface area contributed by atoms with Crippen LogP contribution in [-0.2, 0) is 17.6 Å². The van der Waals surface area contributed by atoms with Gasteiger partial charge in [0.1, 0.15) is 5.92 Å². The minimum atomic E-state index is -0.330.